The summed E-state index contributed by atoms with van der Waals surface area (Å²) in [6.45, 7) is 2.44. The van der Waals surface area contributed by atoms with Gasteiger partial charge in [-0.2, -0.15) is 0 Å². The molecule has 2 fully saturated rings. The standard InChI is InChI=1S/C10H18O2/c1-8-6-10(7-11)5-3-2-4-9(10)12-8/h8-9,11H,2-7H2,1H3/t8-,9-,10+/m1/s1. The van der Waals surface area contributed by atoms with E-state index in [4.69, 9.17) is 4.74 Å². The van der Waals surface area contributed by atoms with Crippen LogP contribution in [-0.2, 0) is 4.74 Å². The summed E-state index contributed by atoms with van der Waals surface area (Å²) in [7, 11) is 0. The summed E-state index contributed by atoms with van der Waals surface area (Å²) in [4.78, 5) is 0. The van der Waals surface area contributed by atoms with Crippen LogP contribution in [0.25, 0.3) is 0 Å². The van der Waals surface area contributed by atoms with Crippen LogP contribution in [0.3, 0.4) is 0 Å². The van der Waals surface area contributed by atoms with Crippen LogP contribution in [0.4, 0.5) is 0 Å². The average Bonchev–Trinajstić information content (AvgIpc) is 2.41. The molecule has 0 unspecified atom stereocenters. The number of aliphatic hydroxyl groups excluding tert-OH is 1. The van der Waals surface area contributed by atoms with Gasteiger partial charge in [0.15, 0.2) is 0 Å². The molecule has 1 N–H and O–H groups in total. The SMILES string of the molecule is C[C@@H]1C[C@]2(CO)CCCC[C@H]2O1. The third kappa shape index (κ3) is 1.17. The second-order valence-corrected chi connectivity index (χ2v) is 4.41. The van der Waals surface area contributed by atoms with Crippen LogP contribution < -0.4 is 0 Å². The van der Waals surface area contributed by atoms with E-state index in [1.165, 1.54) is 19.3 Å². The van der Waals surface area contributed by atoms with Crippen molar-refractivity contribution in [2.45, 2.75) is 51.2 Å². The molecule has 1 aliphatic heterocycles. The predicted octanol–water partition coefficient (Wildman–Crippen LogP) is 1.72. The van der Waals surface area contributed by atoms with Gasteiger partial charge in [-0.25, -0.2) is 0 Å². The monoisotopic (exact) mass is 170 g/mol. The molecule has 3 atom stereocenters. The second-order valence-electron chi connectivity index (χ2n) is 4.41. The van der Waals surface area contributed by atoms with Crippen LogP contribution in [-0.4, -0.2) is 23.9 Å². The van der Waals surface area contributed by atoms with Crippen LogP contribution in [0.1, 0.15) is 39.0 Å². The zero-order valence-corrected chi connectivity index (χ0v) is 7.75. The van der Waals surface area contributed by atoms with Crippen LogP contribution in [0, 0.1) is 5.41 Å². The van der Waals surface area contributed by atoms with Crippen LogP contribution in [0.5, 0.6) is 0 Å². The Kier molecular flexibility index (Phi) is 2.13. The fraction of sp³-hybridized carbons (Fsp3) is 1.00. The second kappa shape index (κ2) is 3.00. The summed E-state index contributed by atoms with van der Waals surface area (Å²) in [6, 6.07) is 0. The van der Waals surface area contributed by atoms with E-state index in [1.54, 1.807) is 0 Å². The van der Waals surface area contributed by atoms with Crippen molar-refractivity contribution in [1.82, 2.24) is 0 Å². The van der Waals surface area contributed by atoms with Gasteiger partial charge in [0.05, 0.1) is 18.8 Å². The summed E-state index contributed by atoms with van der Waals surface area (Å²) in [6.07, 6.45) is 6.65. The molecule has 0 radical (unpaired) electrons. The Labute approximate surface area is 73.9 Å². The topological polar surface area (TPSA) is 29.5 Å². The highest BCUT2D eigenvalue weighted by Gasteiger charge is 2.47. The molecule has 0 bridgehead atoms. The lowest BCUT2D eigenvalue weighted by Crippen LogP contribution is -2.37. The van der Waals surface area contributed by atoms with Crippen molar-refractivity contribution >= 4 is 0 Å². The van der Waals surface area contributed by atoms with Crippen molar-refractivity contribution in [3.63, 3.8) is 0 Å². The maximum Gasteiger partial charge on any atom is 0.0657 e. The molecule has 70 valence electrons. The van der Waals surface area contributed by atoms with Gasteiger partial charge >= 0.3 is 0 Å². The summed E-state index contributed by atoms with van der Waals surface area (Å²) in [5.74, 6) is 0. The average molecular weight is 170 g/mol. The Morgan fingerprint density at radius 3 is 3.00 bits per heavy atom. The molecular weight excluding hydrogens is 152 g/mol. The molecule has 12 heavy (non-hydrogen) atoms. The molecule has 0 aromatic heterocycles. The fourth-order valence-electron chi connectivity index (χ4n) is 2.87. The van der Waals surface area contributed by atoms with Crippen molar-refractivity contribution in [3.05, 3.63) is 0 Å². The number of aliphatic hydroxyl groups is 1. The first-order chi connectivity index (χ1) is 5.77. The lowest BCUT2D eigenvalue weighted by atomic mass is 9.71. The Bertz CT molecular complexity index is 169. The molecule has 2 aliphatic rings. The predicted molar refractivity (Wildman–Crippen MR) is 46.9 cm³/mol. The van der Waals surface area contributed by atoms with Crippen molar-refractivity contribution in [2.75, 3.05) is 6.61 Å². The van der Waals surface area contributed by atoms with E-state index in [2.05, 4.69) is 6.92 Å². The Morgan fingerprint density at radius 1 is 1.50 bits per heavy atom. The molecule has 2 heteroatoms. The normalized spacial score (nSPS) is 47.5. The minimum absolute atomic E-state index is 0.137. The highest BCUT2D eigenvalue weighted by Crippen LogP contribution is 2.47. The molecule has 2 rings (SSSR count). The molecule has 0 aromatic carbocycles. The highest BCUT2D eigenvalue weighted by molar-refractivity contribution is 4.96. The first kappa shape index (κ1) is 8.52. The van der Waals surface area contributed by atoms with Gasteiger partial charge in [-0.3, -0.25) is 0 Å². The van der Waals surface area contributed by atoms with Gasteiger partial charge in [-0.15, -0.1) is 0 Å². The van der Waals surface area contributed by atoms with Crippen LogP contribution in [0.2, 0.25) is 0 Å². The molecule has 0 spiro atoms. The van der Waals surface area contributed by atoms with Crippen molar-refractivity contribution < 1.29 is 9.84 Å². The number of ether oxygens (including phenoxy) is 1. The lowest BCUT2D eigenvalue weighted by molar-refractivity contribution is -0.0286. The van der Waals surface area contributed by atoms with Gasteiger partial charge in [0, 0.05) is 5.41 Å². The zero-order chi connectivity index (χ0) is 8.60. The van der Waals surface area contributed by atoms with Crippen LogP contribution in [0.15, 0.2) is 0 Å². The van der Waals surface area contributed by atoms with Crippen molar-refractivity contribution in [3.8, 4) is 0 Å². The summed E-state index contributed by atoms with van der Waals surface area (Å²) in [5.41, 5.74) is 0.137. The Morgan fingerprint density at radius 2 is 2.33 bits per heavy atom. The fourth-order valence-corrected chi connectivity index (χ4v) is 2.87. The van der Waals surface area contributed by atoms with E-state index < -0.39 is 0 Å². The van der Waals surface area contributed by atoms with E-state index in [1.807, 2.05) is 0 Å². The molecule has 1 heterocycles. The van der Waals surface area contributed by atoms with Crippen molar-refractivity contribution in [2.24, 2.45) is 5.41 Å². The van der Waals surface area contributed by atoms with Crippen molar-refractivity contribution in [1.29, 1.82) is 0 Å². The Balaban J connectivity index is 2.14. The van der Waals surface area contributed by atoms with Gasteiger partial charge < -0.3 is 9.84 Å². The van der Waals surface area contributed by atoms with Gasteiger partial charge in [0.25, 0.3) is 0 Å². The minimum Gasteiger partial charge on any atom is -0.396 e. The van der Waals surface area contributed by atoms with Gasteiger partial charge in [0.2, 0.25) is 0 Å². The third-order valence-corrected chi connectivity index (χ3v) is 3.48. The largest absolute Gasteiger partial charge is 0.396 e. The molecule has 1 saturated heterocycles. The van der Waals surface area contributed by atoms with Gasteiger partial charge in [-0.05, 0) is 26.2 Å². The van der Waals surface area contributed by atoms with E-state index in [-0.39, 0.29) is 5.41 Å². The smallest absolute Gasteiger partial charge is 0.0657 e. The molecular formula is C10H18O2. The first-order valence-electron chi connectivity index (χ1n) is 5.03. The number of rotatable bonds is 1. The summed E-state index contributed by atoms with van der Waals surface area (Å²) < 4.78 is 5.80. The van der Waals surface area contributed by atoms with Crippen LogP contribution >= 0.6 is 0 Å². The van der Waals surface area contributed by atoms with Gasteiger partial charge in [-0.1, -0.05) is 12.8 Å². The first-order valence-corrected chi connectivity index (χ1v) is 5.03. The van der Waals surface area contributed by atoms with E-state index >= 15 is 0 Å². The number of hydrogen-bond donors (Lipinski definition) is 1. The molecule has 0 aromatic rings. The van der Waals surface area contributed by atoms with E-state index in [0.29, 0.717) is 18.8 Å². The number of fused-ring (bicyclic) bond motifs is 1. The molecule has 2 nitrogen and oxygen atoms in total. The van der Waals surface area contributed by atoms with Gasteiger partial charge in [0.1, 0.15) is 0 Å². The molecule has 1 aliphatic carbocycles. The summed E-state index contributed by atoms with van der Waals surface area (Å²) in [5, 5.41) is 9.39. The van der Waals surface area contributed by atoms with E-state index in [9.17, 15) is 5.11 Å². The maximum absolute atomic E-state index is 9.39. The Hall–Kier alpha value is -0.0800. The number of hydrogen-bond acceptors (Lipinski definition) is 2. The van der Waals surface area contributed by atoms with E-state index in [0.717, 1.165) is 12.8 Å². The summed E-state index contributed by atoms with van der Waals surface area (Å²) >= 11 is 0. The lowest BCUT2D eigenvalue weighted by Gasteiger charge is -2.36. The quantitative estimate of drug-likeness (QED) is 0.649. The minimum atomic E-state index is 0.137. The maximum atomic E-state index is 9.39. The molecule has 0 amide bonds. The highest BCUT2D eigenvalue weighted by atomic mass is 16.5. The third-order valence-electron chi connectivity index (χ3n) is 3.48. The molecule has 1 saturated carbocycles. The zero-order valence-electron chi connectivity index (χ0n) is 7.75.